The fourth-order valence-corrected chi connectivity index (χ4v) is 2.23. The molecule has 22 heavy (non-hydrogen) atoms. The summed E-state index contributed by atoms with van der Waals surface area (Å²) in [6.07, 6.45) is 0.232. The van der Waals surface area contributed by atoms with E-state index in [0.29, 0.717) is 12.1 Å². The molecule has 4 nitrogen and oxygen atoms in total. The molecule has 1 atom stereocenters. The molecule has 0 aromatic heterocycles. The van der Waals surface area contributed by atoms with Gasteiger partial charge in [-0.2, -0.15) is 0 Å². The van der Waals surface area contributed by atoms with Crippen molar-refractivity contribution in [2.75, 3.05) is 13.7 Å². The lowest BCUT2D eigenvalue weighted by Gasteiger charge is -2.17. The fraction of sp³-hybridized carbons (Fsp3) is 0.222. The number of amides is 1. The molecule has 2 aromatic carbocycles. The summed E-state index contributed by atoms with van der Waals surface area (Å²) in [5, 5.41) is 2.88. The average molecular weight is 297 g/mol. The predicted octanol–water partition coefficient (Wildman–Crippen LogP) is 2.76. The van der Waals surface area contributed by atoms with Gasteiger partial charge in [-0.15, -0.1) is 0 Å². The second-order valence-corrected chi connectivity index (χ2v) is 4.96. The van der Waals surface area contributed by atoms with E-state index in [-0.39, 0.29) is 24.2 Å². The molecule has 0 fully saturated rings. The molecule has 2 rings (SSSR count). The number of esters is 1. The van der Waals surface area contributed by atoms with Crippen LogP contribution < -0.4 is 5.32 Å². The third kappa shape index (κ3) is 4.45. The monoisotopic (exact) mass is 297 g/mol. The summed E-state index contributed by atoms with van der Waals surface area (Å²) >= 11 is 0. The summed E-state index contributed by atoms with van der Waals surface area (Å²) < 4.78 is 4.74. The minimum absolute atomic E-state index is 0.110. The van der Waals surface area contributed by atoms with E-state index in [4.69, 9.17) is 4.74 Å². The van der Waals surface area contributed by atoms with Gasteiger partial charge in [0.25, 0.3) is 5.91 Å². The predicted molar refractivity (Wildman–Crippen MR) is 84.6 cm³/mol. The molecular weight excluding hydrogens is 278 g/mol. The maximum absolute atomic E-state index is 12.1. The molecule has 4 heteroatoms. The first-order valence-corrected chi connectivity index (χ1v) is 7.15. The Balaban J connectivity index is 2.04. The summed E-state index contributed by atoms with van der Waals surface area (Å²) in [5.41, 5.74) is 1.61. The molecule has 1 amide bonds. The summed E-state index contributed by atoms with van der Waals surface area (Å²) in [6, 6.07) is 18.7. The second kappa shape index (κ2) is 7.98. The fourth-order valence-electron chi connectivity index (χ4n) is 2.23. The number of benzene rings is 2. The number of rotatable bonds is 6. The van der Waals surface area contributed by atoms with Crippen molar-refractivity contribution in [3.8, 4) is 0 Å². The van der Waals surface area contributed by atoms with E-state index in [2.05, 4.69) is 5.32 Å². The number of ether oxygens (including phenoxy) is 1. The van der Waals surface area contributed by atoms with Gasteiger partial charge in [-0.25, -0.2) is 0 Å². The smallest absolute Gasteiger partial charge is 0.306 e. The van der Waals surface area contributed by atoms with E-state index < -0.39 is 0 Å². The molecule has 0 aliphatic carbocycles. The van der Waals surface area contributed by atoms with Crippen molar-refractivity contribution >= 4 is 11.9 Å². The van der Waals surface area contributed by atoms with Gasteiger partial charge < -0.3 is 10.1 Å². The van der Waals surface area contributed by atoms with Crippen molar-refractivity contribution in [2.45, 2.75) is 12.3 Å². The highest BCUT2D eigenvalue weighted by atomic mass is 16.5. The number of methoxy groups -OCH3 is 1. The standard InChI is InChI=1S/C18H19NO3/c1-22-17(20)12-16(14-8-4-2-5-9-14)13-19-18(21)15-10-6-3-7-11-15/h2-11,16H,12-13H2,1H3,(H,19,21)/t16-/m1/s1. The molecule has 0 heterocycles. The van der Waals surface area contributed by atoms with Crippen LogP contribution >= 0.6 is 0 Å². The molecule has 0 saturated carbocycles. The minimum Gasteiger partial charge on any atom is -0.469 e. The van der Waals surface area contributed by atoms with Crippen molar-refractivity contribution in [1.29, 1.82) is 0 Å². The normalized spacial score (nSPS) is 11.5. The molecule has 0 aliphatic heterocycles. The first-order valence-electron chi connectivity index (χ1n) is 7.15. The largest absolute Gasteiger partial charge is 0.469 e. The minimum atomic E-state index is -0.289. The number of hydrogen-bond acceptors (Lipinski definition) is 3. The number of hydrogen-bond donors (Lipinski definition) is 1. The summed E-state index contributed by atoms with van der Waals surface area (Å²) in [5.74, 6) is -0.546. The van der Waals surface area contributed by atoms with Gasteiger partial charge in [0.2, 0.25) is 0 Å². The highest BCUT2D eigenvalue weighted by Crippen LogP contribution is 2.19. The Morgan fingerprint density at radius 2 is 1.59 bits per heavy atom. The van der Waals surface area contributed by atoms with Gasteiger partial charge in [0, 0.05) is 18.0 Å². The van der Waals surface area contributed by atoms with Crippen LogP contribution in [0.1, 0.15) is 28.3 Å². The van der Waals surface area contributed by atoms with Crippen LogP contribution in [0.5, 0.6) is 0 Å². The Morgan fingerprint density at radius 3 is 2.18 bits per heavy atom. The highest BCUT2D eigenvalue weighted by Gasteiger charge is 2.17. The zero-order valence-corrected chi connectivity index (χ0v) is 12.5. The molecule has 0 saturated heterocycles. The van der Waals surface area contributed by atoms with Crippen LogP contribution in [0.25, 0.3) is 0 Å². The van der Waals surface area contributed by atoms with Crippen LogP contribution in [-0.2, 0) is 9.53 Å². The van der Waals surface area contributed by atoms with Gasteiger partial charge in [0.1, 0.15) is 0 Å². The van der Waals surface area contributed by atoms with Gasteiger partial charge in [-0.1, -0.05) is 48.5 Å². The second-order valence-electron chi connectivity index (χ2n) is 4.96. The summed E-state index contributed by atoms with van der Waals surface area (Å²) in [4.78, 5) is 23.7. The lowest BCUT2D eigenvalue weighted by atomic mass is 9.95. The van der Waals surface area contributed by atoms with Crippen molar-refractivity contribution < 1.29 is 14.3 Å². The molecule has 0 spiro atoms. The Bertz CT molecular complexity index is 611. The maximum atomic E-state index is 12.1. The Morgan fingerprint density at radius 1 is 1.00 bits per heavy atom. The number of nitrogens with one attached hydrogen (secondary N) is 1. The van der Waals surface area contributed by atoms with Crippen LogP contribution in [-0.4, -0.2) is 25.5 Å². The SMILES string of the molecule is COC(=O)C[C@H](CNC(=O)c1ccccc1)c1ccccc1. The van der Waals surface area contributed by atoms with E-state index in [1.54, 1.807) is 12.1 Å². The van der Waals surface area contributed by atoms with Gasteiger partial charge in [-0.3, -0.25) is 9.59 Å². The van der Waals surface area contributed by atoms with E-state index in [0.717, 1.165) is 5.56 Å². The zero-order chi connectivity index (χ0) is 15.8. The Kier molecular flexibility index (Phi) is 5.72. The maximum Gasteiger partial charge on any atom is 0.306 e. The van der Waals surface area contributed by atoms with Gasteiger partial charge in [0.05, 0.1) is 13.5 Å². The van der Waals surface area contributed by atoms with Gasteiger partial charge in [0.15, 0.2) is 0 Å². The first-order chi connectivity index (χ1) is 10.7. The quantitative estimate of drug-likeness (QED) is 0.834. The summed E-state index contributed by atoms with van der Waals surface area (Å²) in [6.45, 7) is 0.382. The molecule has 0 aliphatic rings. The van der Waals surface area contributed by atoms with E-state index in [9.17, 15) is 9.59 Å². The molecule has 0 unspecified atom stereocenters. The van der Waals surface area contributed by atoms with Crippen LogP contribution in [0, 0.1) is 0 Å². The topological polar surface area (TPSA) is 55.4 Å². The van der Waals surface area contributed by atoms with E-state index in [1.807, 2.05) is 48.5 Å². The lowest BCUT2D eigenvalue weighted by Crippen LogP contribution is -2.29. The van der Waals surface area contributed by atoms with Crippen LogP contribution in [0.15, 0.2) is 60.7 Å². The molecule has 114 valence electrons. The Labute approximate surface area is 130 Å². The lowest BCUT2D eigenvalue weighted by molar-refractivity contribution is -0.141. The van der Waals surface area contributed by atoms with Crippen molar-refractivity contribution in [3.63, 3.8) is 0 Å². The first kappa shape index (κ1) is 15.8. The number of carbonyl (C=O) groups is 2. The van der Waals surface area contributed by atoms with Crippen molar-refractivity contribution in [1.82, 2.24) is 5.32 Å². The van der Waals surface area contributed by atoms with E-state index >= 15 is 0 Å². The van der Waals surface area contributed by atoms with Crippen molar-refractivity contribution in [3.05, 3.63) is 71.8 Å². The zero-order valence-electron chi connectivity index (χ0n) is 12.5. The third-order valence-electron chi connectivity index (χ3n) is 3.46. The van der Waals surface area contributed by atoms with E-state index in [1.165, 1.54) is 7.11 Å². The molecule has 0 radical (unpaired) electrons. The molecule has 1 N–H and O–H groups in total. The average Bonchev–Trinajstić information content (AvgIpc) is 2.59. The molecular formula is C18H19NO3. The summed E-state index contributed by atoms with van der Waals surface area (Å²) in [7, 11) is 1.37. The van der Waals surface area contributed by atoms with Crippen molar-refractivity contribution in [2.24, 2.45) is 0 Å². The molecule has 2 aromatic rings. The highest BCUT2D eigenvalue weighted by molar-refractivity contribution is 5.94. The van der Waals surface area contributed by atoms with Crippen LogP contribution in [0.2, 0.25) is 0 Å². The molecule has 0 bridgehead atoms. The number of carbonyl (C=O) groups excluding carboxylic acids is 2. The van der Waals surface area contributed by atoms with Gasteiger partial charge in [-0.05, 0) is 17.7 Å². The Hall–Kier alpha value is -2.62. The van der Waals surface area contributed by atoms with Crippen LogP contribution in [0.3, 0.4) is 0 Å². The van der Waals surface area contributed by atoms with Gasteiger partial charge >= 0.3 is 5.97 Å². The third-order valence-corrected chi connectivity index (χ3v) is 3.46. The van der Waals surface area contributed by atoms with Crippen LogP contribution in [0.4, 0.5) is 0 Å².